The van der Waals surface area contributed by atoms with Gasteiger partial charge in [0.15, 0.2) is 5.69 Å². The number of anilines is 1. The quantitative estimate of drug-likeness (QED) is 0.126. The molecule has 0 unspecified atom stereocenters. The van der Waals surface area contributed by atoms with Crippen LogP contribution >= 0.6 is 0 Å². The number of benzene rings is 8. The van der Waals surface area contributed by atoms with Gasteiger partial charge in [-0.3, -0.25) is 9.59 Å². The first-order valence-corrected chi connectivity index (χ1v) is 18.8. The average Bonchev–Trinajstić information content (AvgIpc) is 3.75. The van der Waals surface area contributed by atoms with Crippen molar-refractivity contribution in [2.75, 3.05) is 4.90 Å². The summed E-state index contributed by atoms with van der Waals surface area (Å²) < 4.78 is 2.10. The van der Waals surface area contributed by atoms with Gasteiger partial charge >= 0.3 is 0 Å². The number of amides is 2. The average molecular weight is 743 g/mol. The Morgan fingerprint density at radius 2 is 1.00 bits per heavy atom. The normalized spacial score (nSPS) is 12.1. The van der Waals surface area contributed by atoms with E-state index in [0.29, 0.717) is 33.8 Å². The van der Waals surface area contributed by atoms with Crippen molar-refractivity contribution >= 4 is 45.0 Å². The number of nitrogens with zero attached hydrogens (tertiary/aromatic N) is 4. The molecule has 1 aliphatic heterocycles. The molecule has 0 radical (unpaired) electrons. The number of imide groups is 1. The molecular weight excluding hydrogens is 713 g/mol. The maximum absolute atomic E-state index is 15.2. The van der Waals surface area contributed by atoms with Crippen molar-refractivity contribution < 1.29 is 9.59 Å². The molecular formula is C52H30N4O2. The predicted octanol–water partition coefficient (Wildman–Crippen LogP) is 12.7. The molecule has 0 spiro atoms. The van der Waals surface area contributed by atoms with Crippen molar-refractivity contribution in [1.29, 1.82) is 5.26 Å². The molecule has 2 amide bonds. The number of aromatic nitrogens is 1. The monoisotopic (exact) mass is 742 g/mol. The summed E-state index contributed by atoms with van der Waals surface area (Å²) in [5, 5.41) is 11.4. The topological polar surface area (TPSA) is 70.5 Å². The highest BCUT2D eigenvalue weighted by Crippen LogP contribution is 2.44. The molecule has 2 heterocycles. The minimum absolute atomic E-state index is 0.325. The highest BCUT2D eigenvalue weighted by atomic mass is 16.2. The summed E-state index contributed by atoms with van der Waals surface area (Å²) in [6, 6.07) is 60.9. The van der Waals surface area contributed by atoms with Gasteiger partial charge in [0.1, 0.15) is 0 Å². The van der Waals surface area contributed by atoms with E-state index in [1.54, 1.807) is 18.2 Å². The van der Waals surface area contributed by atoms with Crippen LogP contribution in [0.5, 0.6) is 0 Å². The van der Waals surface area contributed by atoms with Gasteiger partial charge in [0.05, 0.1) is 51.7 Å². The number of rotatable bonds is 6. The smallest absolute Gasteiger partial charge is 0.268 e. The van der Waals surface area contributed by atoms with Crippen LogP contribution < -0.4 is 4.90 Å². The molecule has 10 rings (SSSR count). The van der Waals surface area contributed by atoms with Crippen LogP contribution in [0.3, 0.4) is 0 Å². The van der Waals surface area contributed by atoms with Crippen LogP contribution in [0.4, 0.5) is 11.4 Å². The summed E-state index contributed by atoms with van der Waals surface area (Å²) >= 11 is 0. The number of carbonyl (C=O) groups excluding carboxylic acids is 2. The number of fused-ring (bicyclic) bond motifs is 4. The van der Waals surface area contributed by atoms with Crippen LogP contribution in [-0.4, -0.2) is 16.4 Å². The lowest BCUT2D eigenvalue weighted by molar-refractivity contribution is 0.0926. The first-order chi connectivity index (χ1) is 28.5. The third-order valence-corrected chi connectivity index (χ3v) is 11.0. The molecule has 0 saturated heterocycles. The summed E-state index contributed by atoms with van der Waals surface area (Å²) in [4.78, 5) is 34.8. The van der Waals surface area contributed by atoms with Crippen LogP contribution in [0.15, 0.2) is 182 Å². The van der Waals surface area contributed by atoms with E-state index in [1.165, 1.54) is 4.90 Å². The number of nitriles is 1. The third-order valence-electron chi connectivity index (χ3n) is 11.0. The SMILES string of the molecule is [C-]#[N+]c1ccc(-c2ccc3c4ccc(-c5ccc(C#N)cc5)cc4n(-c4cccc5c4C(=O)N(c4cccc(-c6ccccc6)c4-c4ccccc4)C5=O)c3c2)cc1. The molecule has 0 fully saturated rings. The molecule has 0 bridgehead atoms. The van der Waals surface area contributed by atoms with Gasteiger partial charge in [-0.15, -0.1) is 0 Å². The third kappa shape index (κ3) is 5.48. The Morgan fingerprint density at radius 3 is 1.59 bits per heavy atom. The second-order valence-corrected chi connectivity index (χ2v) is 14.2. The van der Waals surface area contributed by atoms with Crippen LogP contribution in [0.25, 0.3) is 76.8 Å². The zero-order chi connectivity index (χ0) is 39.3. The Hall–Kier alpha value is -8.32. The molecule has 0 atom stereocenters. The molecule has 58 heavy (non-hydrogen) atoms. The lowest BCUT2D eigenvalue weighted by Crippen LogP contribution is -2.30. The van der Waals surface area contributed by atoms with E-state index < -0.39 is 5.91 Å². The van der Waals surface area contributed by atoms with Crippen molar-refractivity contribution in [2.45, 2.75) is 0 Å². The van der Waals surface area contributed by atoms with Gasteiger partial charge in [0.2, 0.25) is 0 Å². The molecule has 270 valence electrons. The Morgan fingerprint density at radius 1 is 0.466 bits per heavy atom. The molecule has 1 aromatic heterocycles. The van der Waals surface area contributed by atoms with Crippen molar-refractivity contribution in [2.24, 2.45) is 0 Å². The van der Waals surface area contributed by atoms with E-state index in [1.807, 2.05) is 127 Å². The van der Waals surface area contributed by atoms with Crippen molar-refractivity contribution in [3.05, 3.63) is 210 Å². The lowest BCUT2D eigenvalue weighted by Gasteiger charge is -2.22. The Labute approximate surface area is 334 Å². The summed E-state index contributed by atoms with van der Waals surface area (Å²) in [6.45, 7) is 7.43. The van der Waals surface area contributed by atoms with Gasteiger partial charge in [0.25, 0.3) is 11.8 Å². The van der Waals surface area contributed by atoms with Crippen LogP contribution in [0.2, 0.25) is 0 Å². The van der Waals surface area contributed by atoms with Crippen LogP contribution in [-0.2, 0) is 0 Å². The van der Waals surface area contributed by atoms with E-state index in [2.05, 4.69) is 51.9 Å². The second-order valence-electron chi connectivity index (χ2n) is 14.2. The maximum Gasteiger partial charge on any atom is 0.268 e. The first kappa shape index (κ1) is 34.2. The first-order valence-electron chi connectivity index (χ1n) is 18.8. The summed E-state index contributed by atoms with van der Waals surface area (Å²) in [6.07, 6.45) is 0. The number of hydrogen-bond donors (Lipinski definition) is 0. The zero-order valence-corrected chi connectivity index (χ0v) is 30.9. The van der Waals surface area contributed by atoms with E-state index in [0.717, 1.165) is 66.3 Å². The molecule has 8 aromatic carbocycles. The molecule has 6 nitrogen and oxygen atoms in total. The standard InChI is InChI=1S/C52H30N4O2/c1-54-40-26-22-35(23-27-40)39-25-29-43-42-28-24-38(34-20-18-33(32-53)19-21-34)30-47(42)55(48(43)31-39)46-17-9-15-44-50(46)52(58)56(51(44)57)45-16-8-14-41(36-10-4-2-5-11-36)49(45)37-12-6-3-7-13-37/h2-31H. The van der Waals surface area contributed by atoms with Crippen LogP contribution in [0.1, 0.15) is 26.3 Å². The lowest BCUT2D eigenvalue weighted by atomic mass is 9.92. The molecule has 6 heteroatoms. The molecule has 0 saturated carbocycles. The minimum Gasteiger partial charge on any atom is -0.308 e. The van der Waals surface area contributed by atoms with Crippen LogP contribution in [0, 0.1) is 17.9 Å². The fraction of sp³-hybridized carbons (Fsp3) is 0. The van der Waals surface area contributed by atoms with Crippen molar-refractivity contribution in [3.63, 3.8) is 0 Å². The molecule has 9 aromatic rings. The predicted molar refractivity (Wildman–Crippen MR) is 231 cm³/mol. The Balaban J connectivity index is 1.20. The van der Waals surface area contributed by atoms with E-state index in [-0.39, 0.29) is 5.91 Å². The molecule has 0 aliphatic carbocycles. The summed E-state index contributed by atoms with van der Waals surface area (Å²) in [7, 11) is 0. The van der Waals surface area contributed by atoms with Crippen molar-refractivity contribution in [1.82, 2.24) is 4.57 Å². The largest absolute Gasteiger partial charge is 0.308 e. The van der Waals surface area contributed by atoms with Crippen molar-refractivity contribution in [3.8, 4) is 56.3 Å². The van der Waals surface area contributed by atoms with Gasteiger partial charge in [0, 0.05) is 16.3 Å². The second kappa shape index (κ2) is 13.8. The summed E-state index contributed by atoms with van der Waals surface area (Å²) in [5.41, 5.74) is 12.0. The van der Waals surface area contributed by atoms with Gasteiger partial charge in [-0.2, -0.15) is 5.26 Å². The highest BCUT2D eigenvalue weighted by molar-refractivity contribution is 6.37. The number of hydrogen-bond acceptors (Lipinski definition) is 3. The summed E-state index contributed by atoms with van der Waals surface area (Å²) in [5.74, 6) is -0.786. The Bertz CT molecular complexity index is 3090. The fourth-order valence-electron chi connectivity index (χ4n) is 8.27. The molecule has 0 N–H and O–H groups in total. The molecule has 1 aliphatic rings. The van der Waals surface area contributed by atoms with E-state index in [4.69, 9.17) is 6.57 Å². The Kier molecular flexibility index (Phi) is 8.11. The van der Waals surface area contributed by atoms with Gasteiger partial charge in [-0.05, 0) is 81.4 Å². The zero-order valence-electron chi connectivity index (χ0n) is 30.9. The fourth-order valence-corrected chi connectivity index (χ4v) is 8.27. The minimum atomic E-state index is -0.401. The maximum atomic E-state index is 15.2. The van der Waals surface area contributed by atoms with E-state index >= 15 is 4.79 Å². The number of carbonyl (C=O) groups is 2. The van der Waals surface area contributed by atoms with Gasteiger partial charge < -0.3 is 4.57 Å². The van der Waals surface area contributed by atoms with E-state index in [9.17, 15) is 10.1 Å². The highest BCUT2D eigenvalue weighted by Gasteiger charge is 2.40. The van der Waals surface area contributed by atoms with Gasteiger partial charge in [-0.1, -0.05) is 140 Å². The van der Waals surface area contributed by atoms with Gasteiger partial charge in [-0.25, -0.2) is 9.74 Å².